The van der Waals surface area contributed by atoms with Gasteiger partial charge in [-0.2, -0.15) is 0 Å². The van der Waals surface area contributed by atoms with Crippen LogP contribution >= 0.6 is 11.6 Å². The van der Waals surface area contributed by atoms with Crippen molar-refractivity contribution in [2.45, 2.75) is 19.4 Å². The summed E-state index contributed by atoms with van der Waals surface area (Å²) in [6.45, 7) is 2.05. The van der Waals surface area contributed by atoms with Gasteiger partial charge in [-0.05, 0) is 6.42 Å². The number of rotatable bonds is 3. The number of hydrogen-bond acceptors (Lipinski definition) is 1. The van der Waals surface area contributed by atoms with E-state index in [2.05, 4.69) is 6.92 Å². The molecule has 0 aromatic heterocycles. The van der Waals surface area contributed by atoms with Gasteiger partial charge >= 0.3 is 0 Å². The fraction of sp³-hybridized carbons (Fsp3) is 1.00. The monoisotopic (exact) mass is 122 g/mol. The molecule has 1 unspecified atom stereocenters. The first-order chi connectivity index (χ1) is 3.35. The third-order valence-corrected chi connectivity index (χ3v) is 1.30. The number of alkyl halides is 1. The summed E-state index contributed by atoms with van der Waals surface area (Å²) in [7, 11) is 1.68. The summed E-state index contributed by atoms with van der Waals surface area (Å²) in [5.41, 5.74) is 0. The number of hydrogen-bond donors (Lipinski definition) is 0. The van der Waals surface area contributed by atoms with Crippen LogP contribution in [0, 0.1) is 0 Å². The Morgan fingerprint density at radius 1 is 1.71 bits per heavy atom. The van der Waals surface area contributed by atoms with Crippen LogP contribution in [-0.4, -0.2) is 19.1 Å². The first-order valence-electron chi connectivity index (χ1n) is 2.43. The van der Waals surface area contributed by atoms with Crippen LogP contribution in [-0.2, 0) is 4.74 Å². The molecule has 44 valence electrons. The van der Waals surface area contributed by atoms with Crippen LogP contribution in [0.1, 0.15) is 13.3 Å². The minimum atomic E-state index is 0.252. The Morgan fingerprint density at radius 3 is 2.29 bits per heavy atom. The Bertz CT molecular complexity index is 29.6. The smallest absolute Gasteiger partial charge is 0.0703 e. The quantitative estimate of drug-likeness (QED) is 0.518. The fourth-order valence-electron chi connectivity index (χ4n) is 0.339. The van der Waals surface area contributed by atoms with Gasteiger partial charge in [-0.15, -0.1) is 11.6 Å². The molecule has 0 N–H and O–H groups in total. The molecule has 0 aliphatic carbocycles. The van der Waals surface area contributed by atoms with Crippen molar-refractivity contribution in [3.63, 3.8) is 0 Å². The zero-order valence-electron chi connectivity index (χ0n) is 4.78. The van der Waals surface area contributed by atoms with E-state index in [1.54, 1.807) is 7.11 Å². The molecule has 1 nitrogen and oxygen atoms in total. The minimum Gasteiger partial charge on any atom is -0.380 e. The van der Waals surface area contributed by atoms with Crippen LogP contribution in [0.25, 0.3) is 0 Å². The lowest BCUT2D eigenvalue weighted by atomic mass is 10.3. The molecule has 0 saturated carbocycles. The summed E-state index contributed by atoms with van der Waals surface area (Å²) in [5, 5.41) is 0. The lowest BCUT2D eigenvalue weighted by molar-refractivity contribution is 0.118. The lowest BCUT2D eigenvalue weighted by Gasteiger charge is -2.05. The van der Waals surface area contributed by atoms with Gasteiger partial charge in [0.1, 0.15) is 0 Å². The number of halogens is 1. The molecule has 0 spiro atoms. The van der Waals surface area contributed by atoms with Gasteiger partial charge in [0.2, 0.25) is 0 Å². The Hall–Kier alpha value is 0.250. The molecule has 0 amide bonds. The number of methoxy groups -OCH3 is 1. The predicted molar refractivity (Wildman–Crippen MR) is 31.8 cm³/mol. The molecule has 0 rings (SSSR count). The van der Waals surface area contributed by atoms with Gasteiger partial charge in [0.15, 0.2) is 0 Å². The fourth-order valence-corrected chi connectivity index (χ4v) is 0.683. The SMILES string of the molecule is CCC(CCl)OC. The van der Waals surface area contributed by atoms with Crippen molar-refractivity contribution in [3.8, 4) is 0 Å². The highest BCUT2D eigenvalue weighted by Crippen LogP contribution is 1.96. The Labute approximate surface area is 49.6 Å². The van der Waals surface area contributed by atoms with Gasteiger partial charge in [-0.1, -0.05) is 6.92 Å². The van der Waals surface area contributed by atoms with Crippen molar-refractivity contribution in [2.24, 2.45) is 0 Å². The van der Waals surface area contributed by atoms with Crippen molar-refractivity contribution in [2.75, 3.05) is 13.0 Å². The summed E-state index contributed by atoms with van der Waals surface area (Å²) < 4.78 is 4.92. The van der Waals surface area contributed by atoms with E-state index in [4.69, 9.17) is 16.3 Å². The maximum absolute atomic E-state index is 5.44. The Morgan fingerprint density at radius 2 is 2.29 bits per heavy atom. The highest BCUT2D eigenvalue weighted by atomic mass is 35.5. The standard InChI is InChI=1S/C5H11ClO/c1-3-5(4-6)7-2/h5H,3-4H2,1-2H3. The van der Waals surface area contributed by atoms with Crippen LogP contribution in [0.15, 0.2) is 0 Å². The van der Waals surface area contributed by atoms with Crippen LogP contribution in [0.3, 0.4) is 0 Å². The summed E-state index contributed by atoms with van der Waals surface area (Å²) in [4.78, 5) is 0. The van der Waals surface area contributed by atoms with E-state index >= 15 is 0 Å². The third-order valence-electron chi connectivity index (χ3n) is 0.961. The van der Waals surface area contributed by atoms with Crippen LogP contribution in [0.5, 0.6) is 0 Å². The molecule has 0 aromatic carbocycles. The van der Waals surface area contributed by atoms with E-state index in [1.165, 1.54) is 0 Å². The maximum Gasteiger partial charge on any atom is 0.0703 e. The molecule has 0 saturated heterocycles. The van der Waals surface area contributed by atoms with Crippen LogP contribution in [0.2, 0.25) is 0 Å². The highest BCUT2D eigenvalue weighted by Gasteiger charge is 1.97. The zero-order valence-corrected chi connectivity index (χ0v) is 5.53. The van der Waals surface area contributed by atoms with Gasteiger partial charge in [-0.25, -0.2) is 0 Å². The maximum atomic E-state index is 5.44. The van der Waals surface area contributed by atoms with Crippen LogP contribution in [0.4, 0.5) is 0 Å². The third kappa shape index (κ3) is 2.89. The second-order valence-corrected chi connectivity index (χ2v) is 1.73. The van der Waals surface area contributed by atoms with E-state index in [9.17, 15) is 0 Å². The summed E-state index contributed by atoms with van der Waals surface area (Å²) >= 11 is 5.44. The molecule has 0 fully saturated rings. The van der Waals surface area contributed by atoms with Gasteiger partial charge in [0.05, 0.1) is 6.10 Å². The van der Waals surface area contributed by atoms with Gasteiger partial charge in [-0.3, -0.25) is 0 Å². The van der Waals surface area contributed by atoms with E-state index in [1.807, 2.05) is 0 Å². The van der Waals surface area contributed by atoms with Gasteiger partial charge < -0.3 is 4.74 Å². The topological polar surface area (TPSA) is 9.23 Å². The lowest BCUT2D eigenvalue weighted by Crippen LogP contribution is -2.09. The molecule has 0 aliphatic rings. The van der Waals surface area contributed by atoms with Crippen molar-refractivity contribution in [1.82, 2.24) is 0 Å². The molecule has 0 heterocycles. The molecule has 2 heteroatoms. The molecular formula is C5H11ClO. The second kappa shape index (κ2) is 4.41. The first kappa shape index (κ1) is 7.25. The molecule has 1 atom stereocenters. The minimum absolute atomic E-state index is 0.252. The van der Waals surface area contributed by atoms with E-state index in [0.717, 1.165) is 6.42 Å². The number of ether oxygens (including phenoxy) is 1. The van der Waals surface area contributed by atoms with Crippen molar-refractivity contribution >= 4 is 11.6 Å². The van der Waals surface area contributed by atoms with E-state index in [-0.39, 0.29) is 6.10 Å². The van der Waals surface area contributed by atoms with Gasteiger partial charge in [0, 0.05) is 13.0 Å². The molecule has 7 heavy (non-hydrogen) atoms. The van der Waals surface area contributed by atoms with Gasteiger partial charge in [0.25, 0.3) is 0 Å². The normalized spacial score (nSPS) is 14.1. The second-order valence-electron chi connectivity index (χ2n) is 1.42. The Kier molecular flexibility index (Phi) is 4.57. The van der Waals surface area contributed by atoms with Crippen molar-refractivity contribution in [1.29, 1.82) is 0 Å². The predicted octanol–water partition coefficient (Wildman–Crippen LogP) is 1.65. The summed E-state index contributed by atoms with van der Waals surface area (Å²) in [5.74, 6) is 0.604. The van der Waals surface area contributed by atoms with E-state index < -0.39 is 0 Å². The molecule has 0 bridgehead atoms. The van der Waals surface area contributed by atoms with Crippen molar-refractivity contribution < 1.29 is 4.74 Å². The molecule has 0 aliphatic heterocycles. The average molecular weight is 123 g/mol. The first-order valence-corrected chi connectivity index (χ1v) is 2.97. The molecule has 0 radical (unpaired) electrons. The molecule has 0 aromatic rings. The van der Waals surface area contributed by atoms with Crippen LogP contribution < -0.4 is 0 Å². The Balaban J connectivity index is 2.99. The molecular weight excluding hydrogens is 112 g/mol. The average Bonchev–Trinajstić information content (AvgIpc) is 1.72. The largest absolute Gasteiger partial charge is 0.380 e. The van der Waals surface area contributed by atoms with E-state index in [0.29, 0.717) is 5.88 Å². The van der Waals surface area contributed by atoms with Crippen molar-refractivity contribution in [3.05, 3.63) is 0 Å². The zero-order chi connectivity index (χ0) is 5.70. The summed E-state index contributed by atoms with van der Waals surface area (Å²) in [6, 6.07) is 0. The summed E-state index contributed by atoms with van der Waals surface area (Å²) in [6.07, 6.45) is 1.25. The highest BCUT2D eigenvalue weighted by molar-refractivity contribution is 6.18.